The molecule has 222 valence electrons. The van der Waals surface area contributed by atoms with Gasteiger partial charge in [0.25, 0.3) is 5.56 Å². The zero-order valence-corrected chi connectivity index (χ0v) is 23.6. The van der Waals surface area contributed by atoms with Gasteiger partial charge in [-0.25, -0.2) is 24.7 Å². The van der Waals surface area contributed by atoms with Crippen molar-refractivity contribution in [1.82, 2.24) is 33.6 Å². The van der Waals surface area contributed by atoms with E-state index in [0.29, 0.717) is 17.0 Å². The van der Waals surface area contributed by atoms with Gasteiger partial charge in [0.1, 0.15) is 22.9 Å². The normalized spacial score (nSPS) is 16.2. The second-order valence-electron chi connectivity index (χ2n) is 9.82. The Morgan fingerprint density at radius 1 is 1.19 bits per heavy atom. The predicted octanol–water partition coefficient (Wildman–Crippen LogP) is 2.52. The maximum atomic E-state index is 13.3. The van der Waals surface area contributed by atoms with Crippen LogP contribution in [0.2, 0.25) is 0 Å². The lowest BCUT2D eigenvalue weighted by molar-refractivity contribution is -0.146. The summed E-state index contributed by atoms with van der Waals surface area (Å²) in [6, 6.07) is -2.57. The van der Waals surface area contributed by atoms with E-state index in [4.69, 9.17) is 0 Å². The third-order valence-electron chi connectivity index (χ3n) is 7.11. The largest absolute Gasteiger partial charge is 0.408 e. The number of halogens is 3. The van der Waals surface area contributed by atoms with E-state index in [9.17, 15) is 32.3 Å². The van der Waals surface area contributed by atoms with Gasteiger partial charge in [0.05, 0.1) is 12.9 Å². The second-order valence-corrected chi connectivity index (χ2v) is 10.7. The van der Waals surface area contributed by atoms with Crippen molar-refractivity contribution in [2.45, 2.75) is 57.9 Å². The number of carbonyl (C=O) groups excluding carboxylic acids is 2. The monoisotopic (exact) mass is 605 g/mol. The highest BCUT2D eigenvalue weighted by atomic mass is 32.1. The maximum Gasteiger partial charge on any atom is 0.408 e. The molecule has 5 rings (SSSR count). The van der Waals surface area contributed by atoms with E-state index in [1.54, 1.807) is 12.3 Å². The fourth-order valence-corrected chi connectivity index (χ4v) is 5.48. The molecule has 1 fully saturated rings. The molecule has 0 saturated carbocycles. The van der Waals surface area contributed by atoms with Crippen LogP contribution in [0.25, 0.3) is 21.7 Å². The van der Waals surface area contributed by atoms with E-state index in [0.717, 1.165) is 14.0 Å². The van der Waals surface area contributed by atoms with Crippen LogP contribution in [0, 0.1) is 0 Å². The predicted molar refractivity (Wildman–Crippen MR) is 147 cm³/mol. The van der Waals surface area contributed by atoms with Crippen LogP contribution in [-0.4, -0.2) is 64.1 Å². The standard InChI is InChI=1S/C25H26F3N9O4S/c1-4-15(38)10-36-22(40)18-19(34(3)24(36)41)31-12-37(18)13(2)20(39)32-17-11-42-21(33-17)14-8-29-23(30-9-14)35-7-5-6-16(35)25(26,27)28/h8-9,11-13,16H,4-7,10H2,1-3H3,(H,32,39)/t13-,16?/m0/s1. The van der Waals surface area contributed by atoms with E-state index in [-0.39, 0.29) is 48.1 Å². The fraction of sp³-hybridized carbons (Fsp3) is 0.440. The number of thiazole rings is 1. The van der Waals surface area contributed by atoms with Crippen LogP contribution in [0.3, 0.4) is 0 Å². The number of amides is 1. The molecule has 1 saturated heterocycles. The molecule has 1 aliphatic rings. The first-order valence-corrected chi connectivity index (χ1v) is 13.9. The average Bonchev–Trinajstić information content (AvgIpc) is 3.73. The summed E-state index contributed by atoms with van der Waals surface area (Å²) in [6.45, 7) is 2.98. The summed E-state index contributed by atoms with van der Waals surface area (Å²) in [5.41, 5.74) is -0.903. The first-order valence-electron chi connectivity index (χ1n) is 13.0. The molecule has 0 spiro atoms. The minimum absolute atomic E-state index is 0.00868. The first-order chi connectivity index (χ1) is 19.9. The number of alkyl halides is 3. The van der Waals surface area contributed by atoms with Crippen LogP contribution in [-0.2, 0) is 23.2 Å². The first kappa shape index (κ1) is 29.1. The molecule has 0 aromatic carbocycles. The number of rotatable bonds is 8. The van der Waals surface area contributed by atoms with Crippen molar-refractivity contribution < 1.29 is 22.8 Å². The molecular formula is C25H26F3N9O4S. The summed E-state index contributed by atoms with van der Waals surface area (Å²) in [4.78, 5) is 68.8. The van der Waals surface area contributed by atoms with Gasteiger partial charge in [-0.15, -0.1) is 11.3 Å². The number of nitrogens with one attached hydrogen (secondary N) is 1. The van der Waals surface area contributed by atoms with Gasteiger partial charge in [0, 0.05) is 43.4 Å². The molecule has 1 aliphatic heterocycles. The van der Waals surface area contributed by atoms with Gasteiger partial charge in [-0.1, -0.05) is 6.92 Å². The van der Waals surface area contributed by atoms with Gasteiger partial charge in [0.2, 0.25) is 11.9 Å². The number of hydrogen-bond donors (Lipinski definition) is 1. The number of hydrogen-bond acceptors (Lipinski definition) is 10. The Bertz CT molecular complexity index is 1770. The molecule has 4 aromatic heterocycles. The third kappa shape index (κ3) is 5.31. The van der Waals surface area contributed by atoms with Crippen LogP contribution in [0.5, 0.6) is 0 Å². The summed E-state index contributed by atoms with van der Waals surface area (Å²) in [6.07, 6.45) is 0.206. The van der Waals surface area contributed by atoms with Gasteiger partial charge in [0.15, 0.2) is 16.9 Å². The lowest BCUT2D eigenvalue weighted by Gasteiger charge is -2.26. The van der Waals surface area contributed by atoms with Crippen LogP contribution < -0.4 is 21.5 Å². The second kappa shape index (κ2) is 11.1. The summed E-state index contributed by atoms with van der Waals surface area (Å²) in [7, 11) is 1.42. The van der Waals surface area contributed by atoms with Gasteiger partial charge in [-0.3, -0.25) is 23.5 Å². The number of nitrogens with zero attached hydrogens (tertiary/aromatic N) is 8. The van der Waals surface area contributed by atoms with E-state index >= 15 is 0 Å². The molecule has 42 heavy (non-hydrogen) atoms. The smallest absolute Gasteiger partial charge is 0.329 e. The molecule has 4 aromatic rings. The van der Waals surface area contributed by atoms with Crippen molar-refractivity contribution >= 4 is 46.0 Å². The Kier molecular flexibility index (Phi) is 7.70. The summed E-state index contributed by atoms with van der Waals surface area (Å²) >= 11 is 1.17. The van der Waals surface area contributed by atoms with Crippen LogP contribution in [0.4, 0.5) is 24.9 Å². The highest BCUT2D eigenvalue weighted by Gasteiger charge is 2.46. The van der Waals surface area contributed by atoms with Gasteiger partial charge < -0.3 is 14.8 Å². The van der Waals surface area contributed by atoms with Crippen molar-refractivity contribution in [3.63, 3.8) is 0 Å². The highest BCUT2D eigenvalue weighted by molar-refractivity contribution is 7.13. The number of imidazole rings is 1. The van der Waals surface area contributed by atoms with Crippen LogP contribution in [0.1, 0.15) is 39.2 Å². The van der Waals surface area contributed by atoms with Crippen molar-refractivity contribution in [2.24, 2.45) is 7.05 Å². The molecule has 0 bridgehead atoms. The molecule has 1 amide bonds. The molecular weight excluding hydrogens is 579 g/mol. The Morgan fingerprint density at radius 3 is 2.57 bits per heavy atom. The zero-order valence-electron chi connectivity index (χ0n) is 22.8. The fourth-order valence-electron chi connectivity index (χ4n) is 4.76. The summed E-state index contributed by atoms with van der Waals surface area (Å²) in [5.74, 6) is -0.642. The Hall–Kier alpha value is -4.41. The minimum atomic E-state index is -4.37. The summed E-state index contributed by atoms with van der Waals surface area (Å²) in [5, 5.41) is 4.68. The van der Waals surface area contributed by atoms with Gasteiger partial charge in [-0.05, 0) is 19.8 Å². The number of aromatic nitrogens is 7. The highest BCUT2D eigenvalue weighted by Crippen LogP contribution is 2.35. The SMILES string of the molecule is CCC(=O)Cn1c(=O)c2c(ncn2[C@@H](C)C(=O)Nc2csc(-c3cnc(N4CCCC4C(F)(F)F)nc3)n2)n(C)c1=O. The summed E-state index contributed by atoms with van der Waals surface area (Å²) < 4.78 is 43.2. The van der Waals surface area contributed by atoms with Crippen molar-refractivity contribution in [2.75, 3.05) is 16.8 Å². The van der Waals surface area contributed by atoms with Crippen molar-refractivity contribution in [3.05, 3.63) is 44.9 Å². The van der Waals surface area contributed by atoms with Gasteiger partial charge in [-0.2, -0.15) is 13.2 Å². The molecule has 1 unspecified atom stereocenters. The molecule has 0 aliphatic carbocycles. The van der Waals surface area contributed by atoms with E-state index in [2.05, 4.69) is 25.3 Å². The lowest BCUT2D eigenvalue weighted by Crippen LogP contribution is -2.42. The van der Waals surface area contributed by atoms with Crippen LogP contribution >= 0.6 is 11.3 Å². The number of fused-ring (bicyclic) bond motifs is 1. The zero-order chi connectivity index (χ0) is 30.3. The number of anilines is 2. The molecule has 1 N–H and O–H groups in total. The van der Waals surface area contributed by atoms with E-state index in [1.165, 1.54) is 48.6 Å². The van der Waals surface area contributed by atoms with Crippen molar-refractivity contribution in [3.8, 4) is 10.6 Å². The topological polar surface area (TPSA) is 150 Å². The number of carbonyl (C=O) groups is 2. The van der Waals surface area contributed by atoms with Gasteiger partial charge >= 0.3 is 11.9 Å². The van der Waals surface area contributed by atoms with Crippen molar-refractivity contribution in [1.29, 1.82) is 0 Å². The Labute approximate surface area is 239 Å². The molecule has 0 radical (unpaired) electrons. The Morgan fingerprint density at radius 2 is 1.90 bits per heavy atom. The minimum Gasteiger partial charge on any atom is -0.329 e. The van der Waals surface area contributed by atoms with E-state index < -0.39 is 42.0 Å². The Balaban J connectivity index is 1.34. The molecule has 13 nitrogen and oxygen atoms in total. The molecule has 5 heterocycles. The average molecular weight is 606 g/mol. The quantitative estimate of drug-likeness (QED) is 0.320. The lowest BCUT2D eigenvalue weighted by atomic mass is 10.2. The maximum absolute atomic E-state index is 13.3. The number of aryl methyl sites for hydroxylation is 1. The molecule has 2 atom stereocenters. The van der Waals surface area contributed by atoms with Crippen LogP contribution in [0.15, 0.2) is 33.7 Å². The number of ketones is 1. The van der Waals surface area contributed by atoms with E-state index in [1.807, 2.05) is 0 Å². The third-order valence-corrected chi connectivity index (χ3v) is 8.00. The molecule has 17 heteroatoms. The number of Topliss-reactive ketones (excluding diaryl/α,β-unsaturated/α-hetero) is 1.